The second kappa shape index (κ2) is 28.5. The average Bonchev–Trinajstić information content (AvgIpc) is 3.38. The molecule has 0 aliphatic carbocycles. The van der Waals surface area contributed by atoms with Gasteiger partial charge in [-0.05, 0) is 77.9 Å². The second-order valence-corrected chi connectivity index (χ2v) is 23.9. The van der Waals surface area contributed by atoms with Gasteiger partial charge in [-0.2, -0.15) is 0 Å². The molecule has 0 saturated carbocycles. The summed E-state index contributed by atoms with van der Waals surface area (Å²) in [6.45, 7) is 9.93. The third kappa shape index (κ3) is 13.4. The number of carbonyl (C=O) groups excluding carboxylic acids is 4. The molecule has 0 saturated heterocycles. The number of rotatable bonds is 36. The molecule has 5 aromatic carbocycles. The van der Waals surface area contributed by atoms with E-state index in [0.717, 1.165) is 92.6 Å². The second-order valence-electron chi connectivity index (χ2n) is 22.2. The van der Waals surface area contributed by atoms with Gasteiger partial charge in [0, 0.05) is 71.2 Å². The van der Waals surface area contributed by atoms with Gasteiger partial charge in [0.05, 0.1) is 0 Å². The van der Waals surface area contributed by atoms with Crippen molar-refractivity contribution in [3.05, 3.63) is 67.6 Å². The first kappa shape index (κ1) is 56.4. The van der Waals surface area contributed by atoms with Crippen LogP contribution in [-0.2, 0) is 0 Å². The van der Waals surface area contributed by atoms with Crippen LogP contribution in [0.3, 0.4) is 0 Å². The van der Waals surface area contributed by atoms with Crippen molar-refractivity contribution < 1.29 is 19.2 Å². The maximum Gasteiger partial charge on any atom is 0.261 e. The summed E-state index contributed by atoms with van der Waals surface area (Å²) in [5.74, 6) is -0.313. The van der Waals surface area contributed by atoms with Gasteiger partial charge >= 0.3 is 0 Å². The normalized spacial score (nSPS) is 14.7. The molecule has 2 aliphatic heterocycles. The first-order chi connectivity index (χ1) is 35.2. The van der Waals surface area contributed by atoms with Crippen molar-refractivity contribution in [3.63, 3.8) is 0 Å². The topological polar surface area (TPSA) is 74.8 Å². The molecule has 2 heterocycles. The van der Waals surface area contributed by atoms with Crippen molar-refractivity contribution in [3.8, 4) is 0 Å². The van der Waals surface area contributed by atoms with E-state index in [0.29, 0.717) is 46.1 Å². The minimum Gasteiger partial charge on any atom is -0.274 e. The van der Waals surface area contributed by atoms with E-state index in [1.807, 2.05) is 36.4 Å². The lowest BCUT2D eigenvalue weighted by molar-refractivity contribution is 0.0562. The van der Waals surface area contributed by atoms with E-state index in [1.165, 1.54) is 154 Å². The van der Waals surface area contributed by atoms with Crippen LogP contribution in [0.2, 0.25) is 0 Å². The highest BCUT2D eigenvalue weighted by molar-refractivity contribution is 9.11. The van der Waals surface area contributed by atoms with Gasteiger partial charge in [0.2, 0.25) is 0 Å². The molecule has 6 nitrogen and oxygen atoms in total. The van der Waals surface area contributed by atoms with Gasteiger partial charge < -0.3 is 0 Å². The largest absolute Gasteiger partial charge is 0.274 e. The summed E-state index contributed by atoms with van der Waals surface area (Å²) >= 11 is 7.93. The van der Waals surface area contributed by atoms with Crippen LogP contribution < -0.4 is 0 Å². The van der Waals surface area contributed by atoms with Crippen LogP contribution in [0.15, 0.2) is 45.3 Å². The van der Waals surface area contributed by atoms with Gasteiger partial charge in [0.25, 0.3) is 23.6 Å². The lowest BCUT2D eigenvalue weighted by Gasteiger charge is -2.33. The van der Waals surface area contributed by atoms with Crippen molar-refractivity contribution >= 4 is 98.6 Å². The molecule has 7 rings (SSSR count). The van der Waals surface area contributed by atoms with Crippen molar-refractivity contribution in [2.75, 3.05) is 13.1 Å². The Bertz CT molecular complexity index is 2470. The Balaban J connectivity index is 1.16. The van der Waals surface area contributed by atoms with Crippen molar-refractivity contribution in [2.24, 2.45) is 11.8 Å². The molecule has 0 radical (unpaired) electrons. The number of halogens is 2. The number of hydrogen-bond acceptors (Lipinski definition) is 4. The molecular weight excluding hydrogens is 1020 g/mol. The van der Waals surface area contributed by atoms with Crippen LogP contribution in [0.5, 0.6) is 0 Å². The van der Waals surface area contributed by atoms with E-state index in [4.69, 9.17) is 0 Å². The molecule has 2 unspecified atom stereocenters. The van der Waals surface area contributed by atoms with E-state index in [2.05, 4.69) is 59.6 Å². The monoisotopic (exact) mass is 1110 g/mol. The number of carbonyl (C=O) groups is 4. The Kier molecular flexibility index (Phi) is 22.3. The minimum atomic E-state index is -0.221. The number of benzene rings is 5. The maximum absolute atomic E-state index is 14.9. The molecule has 5 aromatic rings. The number of fused-ring (bicyclic) bond motifs is 2. The summed E-state index contributed by atoms with van der Waals surface area (Å²) < 4.78 is 1.53. The van der Waals surface area contributed by atoms with Crippen LogP contribution in [0.4, 0.5) is 0 Å². The number of unbranched alkanes of at least 4 members (excludes halogenated alkanes) is 24. The lowest BCUT2D eigenvalue weighted by atomic mass is 9.82. The molecule has 0 fully saturated rings. The summed E-state index contributed by atoms with van der Waals surface area (Å²) in [7, 11) is 0. The fraction of sp³-hybridized carbons (Fsp3) is 0.625. The first-order valence-electron chi connectivity index (χ1n) is 29.5. The quantitative estimate of drug-likeness (QED) is 0.0173. The summed E-state index contributed by atoms with van der Waals surface area (Å²) in [6.07, 6.45) is 39.0. The molecule has 392 valence electrons. The number of hydrogen-bond donors (Lipinski definition) is 0. The summed E-state index contributed by atoms with van der Waals surface area (Å²) in [5, 5.41) is 6.71. The maximum atomic E-state index is 14.9. The predicted octanol–water partition coefficient (Wildman–Crippen LogP) is 20.2. The molecule has 2 aliphatic rings. The van der Waals surface area contributed by atoms with Crippen LogP contribution in [0.1, 0.15) is 275 Å². The Morgan fingerprint density at radius 3 is 0.931 bits per heavy atom. The van der Waals surface area contributed by atoms with Gasteiger partial charge in [-0.3, -0.25) is 29.0 Å². The summed E-state index contributed by atoms with van der Waals surface area (Å²) in [5.41, 5.74) is 2.24. The zero-order valence-corrected chi connectivity index (χ0v) is 48.1. The Morgan fingerprint density at radius 1 is 0.333 bits per heavy atom. The van der Waals surface area contributed by atoms with Crippen LogP contribution in [0.25, 0.3) is 43.1 Å². The number of imide groups is 2. The van der Waals surface area contributed by atoms with Gasteiger partial charge in [-0.15, -0.1) is 0 Å². The van der Waals surface area contributed by atoms with E-state index >= 15 is 0 Å². The van der Waals surface area contributed by atoms with Crippen LogP contribution >= 0.6 is 31.9 Å². The Morgan fingerprint density at radius 2 is 0.611 bits per heavy atom. The lowest BCUT2D eigenvalue weighted by Crippen LogP contribution is -2.43. The SMILES string of the molecule is CCCCCCCCCCC(CCCCCCCC)CN1C(=O)c2ccc3c4c(Br)cc5c6c(cc(Br)c(c7ccc(c2c37)C1=O)c64)C(=O)N(CC(CCCCCCCC)CCCCCCCCCC)C5=O. The highest BCUT2D eigenvalue weighted by Gasteiger charge is 2.39. The van der Waals surface area contributed by atoms with Gasteiger partial charge in [-0.1, -0.05) is 251 Å². The zero-order chi connectivity index (χ0) is 51.0. The first-order valence-corrected chi connectivity index (χ1v) is 31.1. The summed E-state index contributed by atoms with van der Waals surface area (Å²) in [6, 6.07) is 11.8. The molecule has 72 heavy (non-hydrogen) atoms. The van der Waals surface area contributed by atoms with Crippen molar-refractivity contribution in [2.45, 2.75) is 233 Å². The van der Waals surface area contributed by atoms with E-state index in [1.54, 1.807) is 9.80 Å². The minimum absolute atomic E-state index is 0.206. The van der Waals surface area contributed by atoms with Gasteiger partial charge in [0.15, 0.2) is 0 Å². The van der Waals surface area contributed by atoms with Gasteiger partial charge in [-0.25, -0.2) is 0 Å². The average molecular weight is 1110 g/mol. The molecule has 2 atom stereocenters. The van der Waals surface area contributed by atoms with Crippen LogP contribution in [-0.4, -0.2) is 46.5 Å². The molecule has 0 N–H and O–H groups in total. The third-order valence-electron chi connectivity index (χ3n) is 16.7. The fourth-order valence-electron chi connectivity index (χ4n) is 12.5. The highest BCUT2D eigenvalue weighted by atomic mass is 79.9. The van der Waals surface area contributed by atoms with Crippen molar-refractivity contribution in [1.29, 1.82) is 0 Å². The van der Waals surface area contributed by atoms with Crippen molar-refractivity contribution in [1.82, 2.24) is 9.80 Å². The summed E-state index contributed by atoms with van der Waals surface area (Å²) in [4.78, 5) is 62.4. The third-order valence-corrected chi connectivity index (χ3v) is 17.9. The molecule has 0 bridgehead atoms. The molecular formula is C64H88Br2N2O4. The molecule has 0 aromatic heterocycles. The predicted molar refractivity (Wildman–Crippen MR) is 311 cm³/mol. The number of nitrogens with zero attached hydrogens (tertiary/aromatic N) is 2. The smallest absolute Gasteiger partial charge is 0.261 e. The highest BCUT2D eigenvalue weighted by Crippen LogP contribution is 2.51. The van der Waals surface area contributed by atoms with E-state index in [9.17, 15) is 19.2 Å². The van der Waals surface area contributed by atoms with Crippen LogP contribution in [0, 0.1) is 11.8 Å². The van der Waals surface area contributed by atoms with Gasteiger partial charge in [0.1, 0.15) is 0 Å². The Labute approximate surface area is 450 Å². The number of amides is 4. The molecule has 4 amide bonds. The van der Waals surface area contributed by atoms with E-state index in [-0.39, 0.29) is 35.5 Å². The molecule has 0 spiro atoms. The Hall–Kier alpha value is -3.36. The standard InChI is InChI=1S/C64H88Br2N2O4/c1-5-9-13-17-21-23-27-31-35-45(33-29-25-19-15-11-7-3)43-67-61(69)49-39-37-47-55-48(38-40-50(56(49)55)62(67)70)59-54(66)42-52-57-51(41-53(65)58(47)60(57)59)63(71)68(64(52)72)44-46(34-30-26-20-16-12-8-4)36-32-28-24-22-18-14-10-6-2/h37-42,45-46H,5-36,43-44H2,1-4H3. The zero-order valence-electron chi connectivity index (χ0n) is 44.9. The fourth-order valence-corrected chi connectivity index (χ4v) is 13.8. The van der Waals surface area contributed by atoms with E-state index < -0.39 is 0 Å². The molecule has 8 heteroatoms.